The Kier molecular flexibility index (Phi) is 3.46. The molecule has 0 amide bonds. The first-order valence-electron chi connectivity index (χ1n) is 6.91. The highest BCUT2D eigenvalue weighted by Crippen LogP contribution is 2.25. The number of aromatic nitrogens is 4. The summed E-state index contributed by atoms with van der Waals surface area (Å²) in [6, 6.07) is 3.82. The van der Waals surface area contributed by atoms with E-state index in [1.54, 1.807) is 18.6 Å². The largest absolute Gasteiger partial charge is 0.368 e. The van der Waals surface area contributed by atoms with Gasteiger partial charge in [-0.3, -0.25) is 4.79 Å². The Balaban J connectivity index is 2.24. The predicted molar refractivity (Wildman–Crippen MR) is 86.6 cm³/mol. The summed E-state index contributed by atoms with van der Waals surface area (Å²) in [5.41, 5.74) is 6.76. The molecule has 0 bridgehead atoms. The molecule has 0 spiro atoms. The zero-order valence-corrected chi connectivity index (χ0v) is 12.3. The molecule has 0 atom stereocenters. The monoisotopic (exact) mass is 296 g/mol. The van der Waals surface area contributed by atoms with Gasteiger partial charge in [-0.05, 0) is 31.4 Å². The number of pyridine rings is 2. The molecule has 0 unspecified atom stereocenters. The fourth-order valence-electron chi connectivity index (χ4n) is 2.21. The molecular weight excluding hydrogens is 280 g/mol. The van der Waals surface area contributed by atoms with Gasteiger partial charge in [0.15, 0.2) is 0 Å². The van der Waals surface area contributed by atoms with Crippen LogP contribution in [0.5, 0.6) is 0 Å². The van der Waals surface area contributed by atoms with E-state index in [2.05, 4.69) is 25.3 Å². The van der Waals surface area contributed by atoms with E-state index in [0.717, 1.165) is 10.9 Å². The van der Waals surface area contributed by atoms with E-state index in [0.29, 0.717) is 16.9 Å². The van der Waals surface area contributed by atoms with Crippen LogP contribution in [0, 0.1) is 0 Å². The van der Waals surface area contributed by atoms with Gasteiger partial charge in [0.05, 0.1) is 11.1 Å². The maximum absolute atomic E-state index is 12.1. The van der Waals surface area contributed by atoms with Gasteiger partial charge in [0.2, 0.25) is 5.95 Å². The van der Waals surface area contributed by atoms with Crippen molar-refractivity contribution in [2.45, 2.75) is 19.9 Å². The van der Waals surface area contributed by atoms with Crippen LogP contribution in [0.25, 0.3) is 22.0 Å². The average molecular weight is 296 g/mol. The Bertz CT molecular complexity index is 869. The lowest BCUT2D eigenvalue weighted by atomic mass is 10.1. The fourth-order valence-corrected chi connectivity index (χ4v) is 2.21. The number of hydrogen-bond donors (Lipinski definition) is 3. The van der Waals surface area contributed by atoms with Crippen LogP contribution in [-0.2, 0) is 0 Å². The molecule has 3 heterocycles. The van der Waals surface area contributed by atoms with Gasteiger partial charge in [0.1, 0.15) is 5.82 Å². The number of fused-ring (bicyclic) bond motifs is 1. The number of aromatic amines is 1. The lowest BCUT2D eigenvalue weighted by Gasteiger charge is -2.13. The molecule has 0 aromatic carbocycles. The van der Waals surface area contributed by atoms with E-state index in [4.69, 9.17) is 5.73 Å². The second-order valence-electron chi connectivity index (χ2n) is 5.26. The highest BCUT2D eigenvalue weighted by molar-refractivity contribution is 5.93. The Labute approximate surface area is 126 Å². The van der Waals surface area contributed by atoms with Crippen molar-refractivity contribution in [2.24, 2.45) is 0 Å². The first-order chi connectivity index (χ1) is 10.5. The van der Waals surface area contributed by atoms with Gasteiger partial charge in [0, 0.05) is 30.2 Å². The van der Waals surface area contributed by atoms with E-state index < -0.39 is 0 Å². The van der Waals surface area contributed by atoms with Gasteiger partial charge in [-0.15, -0.1) is 0 Å². The van der Waals surface area contributed by atoms with Crippen molar-refractivity contribution in [3.8, 4) is 11.3 Å². The van der Waals surface area contributed by atoms with E-state index >= 15 is 0 Å². The molecule has 3 aromatic heterocycles. The molecule has 7 nitrogen and oxygen atoms in total. The number of nitrogen functional groups attached to an aromatic ring is 1. The zero-order chi connectivity index (χ0) is 15.7. The Hall–Kier alpha value is -2.96. The van der Waals surface area contributed by atoms with Crippen LogP contribution in [0.3, 0.4) is 0 Å². The molecule has 0 saturated heterocycles. The third-order valence-corrected chi connectivity index (χ3v) is 3.15. The number of nitrogens with zero attached hydrogens (tertiary/aromatic N) is 3. The normalized spacial score (nSPS) is 11.0. The minimum Gasteiger partial charge on any atom is -0.368 e. The SMILES string of the molecule is CC(C)Nc1nc(-c2cnc(N)nc2)cc2cc[nH]c(=O)c12. The number of nitrogens with one attached hydrogen (secondary N) is 2. The molecule has 0 aliphatic carbocycles. The first-order valence-corrected chi connectivity index (χ1v) is 6.91. The van der Waals surface area contributed by atoms with Crippen molar-refractivity contribution in [1.29, 1.82) is 0 Å². The predicted octanol–water partition coefficient (Wildman–Crippen LogP) is 1.78. The van der Waals surface area contributed by atoms with E-state index in [9.17, 15) is 4.79 Å². The summed E-state index contributed by atoms with van der Waals surface area (Å²) in [6.45, 7) is 3.98. The van der Waals surface area contributed by atoms with E-state index in [1.807, 2.05) is 26.0 Å². The third kappa shape index (κ3) is 2.60. The number of nitrogens with two attached hydrogens (primary N) is 1. The maximum atomic E-state index is 12.1. The Morgan fingerprint density at radius 3 is 2.68 bits per heavy atom. The summed E-state index contributed by atoms with van der Waals surface area (Å²) in [7, 11) is 0. The van der Waals surface area contributed by atoms with E-state index in [1.165, 1.54) is 0 Å². The smallest absolute Gasteiger partial charge is 0.259 e. The van der Waals surface area contributed by atoms with Crippen LogP contribution >= 0.6 is 0 Å². The molecule has 0 aliphatic heterocycles. The highest BCUT2D eigenvalue weighted by atomic mass is 16.1. The van der Waals surface area contributed by atoms with Crippen molar-refractivity contribution >= 4 is 22.5 Å². The van der Waals surface area contributed by atoms with Crippen LogP contribution in [0.15, 0.2) is 35.5 Å². The van der Waals surface area contributed by atoms with Gasteiger partial charge in [0.25, 0.3) is 5.56 Å². The molecular formula is C15H16N6O. The van der Waals surface area contributed by atoms with Crippen LogP contribution in [0.1, 0.15) is 13.8 Å². The van der Waals surface area contributed by atoms with Crippen molar-refractivity contribution in [1.82, 2.24) is 19.9 Å². The Morgan fingerprint density at radius 1 is 1.27 bits per heavy atom. The van der Waals surface area contributed by atoms with Crippen LogP contribution in [0.4, 0.5) is 11.8 Å². The molecule has 3 rings (SSSR count). The molecule has 0 saturated carbocycles. The van der Waals surface area contributed by atoms with Crippen molar-refractivity contribution in [3.05, 3.63) is 41.1 Å². The molecule has 4 N–H and O–H groups in total. The maximum Gasteiger partial charge on any atom is 0.259 e. The number of rotatable bonds is 3. The molecule has 0 aliphatic rings. The molecule has 7 heteroatoms. The van der Waals surface area contributed by atoms with Crippen LogP contribution in [0.2, 0.25) is 0 Å². The van der Waals surface area contributed by atoms with Crippen LogP contribution < -0.4 is 16.6 Å². The van der Waals surface area contributed by atoms with Gasteiger partial charge in [-0.25, -0.2) is 15.0 Å². The standard InChI is InChI=1S/C15H16N6O/c1-8(2)20-13-12-9(3-4-17-14(12)22)5-11(21-13)10-6-18-15(16)19-7-10/h3-8H,1-2H3,(H,17,22)(H,20,21)(H2,16,18,19). The van der Waals surface area contributed by atoms with Gasteiger partial charge >= 0.3 is 0 Å². The molecule has 3 aromatic rings. The topological polar surface area (TPSA) is 110 Å². The molecule has 0 fully saturated rings. The summed E-state index contributed by atoms with van der Waals surface area (Å²) in [5.74, 6) is 0.752. The highest BCUT2D eigenvalue weighted by Gasteiger charge is 2.12. The molecule has 22 heavy (non-hydrogen) atoms. The van der Waals surface area contributed by atoms with Gasteiger partial charge in [-0.1, -0.05) is 0 Å². The average Bonchev–Trinajstić information content (AvgIpc) is 2.47. The number of anilines is 2. The molecule has 0 radical (unpaired) electrons. The van der Waals surface area contributed by atoms with Gasteiger partial charge < -0.3 is 16.0 Å². The summed E-state index contributed by atoms with van der Waals surface area (Å²) in [5, 5.41) is 4.55. The minimum atomic E-state index is -0.173. The first kappa shape index (κ1) is 14.0. The third-order valence-electron chi connectivity index (χ3n) is 3.15. The van der Waals surface area contributed by atoms with Crippen molar-refractivity contribution in [2.75, 3.05) is 11.1 Å². The quantitative estimate of drug-likeness (QED) is 0.679. The second-order valence-corrected chi connectivity index (χ2v) is 5.26. The van der Waals surface area contributed by atoms with E-state index in [-0.39, 0.29) is 17.5 Å². The second kappa shape index (κ2) is 5.44. The lowest BCUT2D eigenvalue weighted by Crippen LogP contribution is -2.15. The summed E-state index contributed by atoms with van der Waals surface area (Å²) in [6.07, 6.45) is 4.85. The number of hydrogen-bond acceptors (Lipinski definition) is 6. The minimum absolute atomic E-state index is 0.147. The summed E-state index contributed by atoms with van der Waals surface area (Å²) >= 11 is 0. The van der Waals surface area contributed by atoms with Crippen molar-refractivity contribution in [3.63, 3.8) is 0 Å². The fraction of sp³-hybridized carbons (Fsp3) is 0.200. The summed E-state index contributed by atoms with van der Waals surface area (Å²) < 4.78 is 0. The van der Waals surface area contributed by atoms with Gasteiger partial charge in [-0.2, -0.15) is 0 Å². The lowest BCUT2D eigenvalue weighted by molar-refractivity contribution is 0.892. The Morgan fingerprint density at radius 2 is 2.00 bits per heavy atom. The van der Waals surface area contributed by atoms with Crippen LogP contribution in [-0.4, -0.2) is 26.0 Å². The molecule has 112 valence electrons. The zero-order valence-electron chi connectivity index (χ0n) is 12.3. The number of H-pyrrole nitrogens is 1. The van der Waals surface area contributed by atoms with Crippen molar-refractivity contribution < 1.29 is 0 Å². The summed E-state index contributed by atoms with van der Waals surface area (Å²) in [4.78, 5) is 27.3.